The number of Topliss-reactive ketones (excluding diaryl/α,β-unsaturated/α-hetero) is 1. The number of aliphatic hydroxyl groups is 1. The Morgan fingerprint density at radius 2 is 1.66 bits per heavy atom. The zero-order valence-electron chi connectivity index (χ0n) is 22.7. The lowest BCUT2D eigenvalue weighted by Crippen LogP contribution is -2.32. The topological polar surface area (TPSA) is 76.1 Å². The second kappa shape index (κ2) is 11.2. The number of aliphatic hydroxyl groups excluding tert-OH is 1. The molecular weight excluding hydrogens is 478 g/mol. The number of rotatable bonds is 8. The van der Waals surface area contributed by atoms with Gasteiger partial charge in [0.15, 0.2) is 0 Å². The Labute approximate surface area is 224 Å². The lowest BCUT2D eigenvalue weighted by atomic mass is 9.85. The van der Waals surface area contributed by atoms with Crippen LogP contribution in [0.2, 0.25) is 0 Å². The van der Waals surface area contributed by atoms with Gasteiger partial charge in [-0.05, 0) is 53.3 Å². The number of likely N-dealkylation sites (tertiary alicyclic amines) is 1. The Morgan fingerprint density at radius 3 is 2.26 bits per heavy atom. The van der Waals surface area contributed by atoms with E-state index in [4.69, 9.17) is 9.47 Å². The molecule has 1 aliphatic rings. The molecule has 1 heterocycles. The van der Waals surface area contributed by atoms with E-state index < -0.39 is 17.7 Å². The van der Waals surface area contributed by atoms with E-state index in [0.717, 1.165) is 22.3 Å². The van der Waals surface area contributed by atoms with Gasteiger partial charge in [-0.1, -0.05) is 74.9 Å². The molecule has 1 N–H and O–H groups in total. The van der Waals surface area contributed by atoms with Crippen molar-refractivity contribution in [2.45, 2.75) is 45.8 Å². The van der Waals surface area contributed by atoms with Crippen molar-refractivity contribution < 1.29 is 24.2 Å². The average Bonchev–Trinajstić information content (AvgIpc) is 3.15. The first-order valence-electron chi connectivity index (χ1n) is 12.8. The molecule has 0 aromatic heterocycles. The van der Waals surface area contributed by atoms with Gasteiger partial charge >= 0.3 is 0 Å². The molecule has 1 fully saturated rings. The summed E-state index contributed by atoms with van der Waals surface area (Å²) in [6.45, 7) is 9.34. The van der Waals surface area contributed by atoms with Crippen LogP contribution in [-0.2, 0) is 26.3 Å². The van der Waals surface area contributed by atoms with Crippen molar-refractivity contribution in [1.82, 2.24) is 4.90 Å². The van der Waals surface area contributed by atoms with Gasteiger partial charge in [-0.25, -0.2) is 0 Å². The molecule has 198 valence electrons. The maximum Gasteiger partial charge on any atom is 0.295 e. The number of aryl methyl sites for hydroxylation is 1. The van der Waals surface area contributed by atoms with E-state index in [1.165, 1.54) is 4.90 Å². The van der Waals surface area contributed by atoms with Crippen molar-refractivity contribution in [2.75, 3.05) is 20.3 Å². The summed E-state index contributed by atoms with van der Waals surface area (Å²) in [5, 5.41) is 11.3. The van der Waals surface area contributed by atoms with E-state index >= 15 is 0 Å². The minimum absolute atomic E-state index is 0.0421. The summed E-state index contributed by atoms with van der Waals surface area (Å²) in [7, 11) is 1.55. The first-order chi connectivity index (χ1) is 18.1. The highest BCUT2D eigenvalue weighted by molar-refractivity contribution is 6.46. The van der Waals surface area contributed by atoms with E-state index in [1.807, 2.05) is 49.4 Å². The number of ketones is 1. The maximum atomic E-state index is 13.2. The highest BCUT2D eigenvalue weighted by atomic mass is 16.5. The van der Waals surface area contributed by atoms with Crippen LogP contribution in [0.5, 0.6) is 5.75 Å². The highest BCUT2D eigenvalue weighted by Gasteiger charge is 2.45. The van der Waals surface area contributed by atoms with E-state index in [0.29, 0.717) is 17.9 Å². The average molecular weight is 514 g/mol. The van der Waals surface area contributed by atoms with Crippen LogP contribution in [0.3, 0.4) is 0 Å². The molecule has 1 aliphatic heterocycles. The van der Waals surface area contributed by atoms with Crippen LogP contribution < -0.4 is 4.74 Å². The summed E-state index contributed by atoms with van der Waals surface area (Å²) in [6, 6.07) is 22.1. The number of carbonyl (C=O) groups is 2. The maximum absolute atomic E-state index is 13.2. The summed E-state index contributed by atoms with van der Waals surface area (Å²) in [6.07, 6.45) is 0. The van der Waals surface area contributed by atoms with Crippen LogP contribution >= 0.6 is 0 Å². The van der Waals surface area contributed by atoms with Crippen LogP contribution in [0.4, 0.5) is 0 Å². The third-order valence-corrected chi connectivity index (χ3v) is 6.78. The van der Waals surface area contributed by atoms with Crippen molar-refractivity contribution in [1.29, 1.82) is 0 Å². The largest absolute Gasteiger partial charge is 0.507 e. The van der Waals surface area contributed by atoms with Crippen molar-refractivity contribution in [3.8, 4) is 5.75 Å². The van der Waals surface area contributed by atoms with Gasteiger partial charge in [0, 0.05) is 19.2 Å². The molecule has 0 saturated carbocycles. The Morgan fingerprint density at radius 1 is 0.974 bits per heavy atom. The molecule has 0 spiro atoms. The summed E-state index contributed by atoms with van der Waals surface area (Å²) in [5.74, 6) is -0.925. The van der Waals surface area contributed by atoms with Crippen molar-refractivity contribution in [3.63, 3.8) is 0 Å². The number of amides is 1. The molecule has 0 radical (unpaired) electrons. The fraction of sp³-hybridized carbons (Fsp3) is 0.312. The molecule has 1 atom stereocenters. The number of hydrogen-bond donors (Lipinski definition) is 1. The predicted octanol–water partition coefficient (Wildman–Crippen LogP) is 5.94. The zero-order chi connectivity index (χ0) is 27.4. The normalized spacial score (nSPS) is 17.2. The Hall–Kier alpha value is -3.90. The monoisotopic (exact) mass is 513 g/mol. The molecule has 1 amide bonds. The minimum Gasteiger partial charge on any atom is -0.507 e. The Kier molecular flexibility index (Phi) is 8.02. The molecule has 38 heavy (non-hydrogen) atoms. The summed E-state index contributed by atoms with van der Waals surface area (Å²) in [4.78, 5) is 27.7. The zero-order valence-corrected chi connectivity index (χ0v) is 22.7. The van der Waals surface area contributed by atoms with E-state index in [-0.39, 0.29) is 29.9 Å². The van der Waals surface area contributed by atoms with Crippen LogP contribution in [-0.4, -0.2) is 42.0 Å². The van der Waals surface area contributed by atoms with Gasteiger partial charge in [0.2, 0.25) is 0 Å². The number of methoxy groups -OCH3 is 1. The fourth-order valence-electron chi connectivity index (χ4n) is 4.65. The van der Waals surface area contributed by atoms with Gasteiger partial charge in [-0.3, -0.25) is 9.59 Å². The quantitative estimate of drug-likeness (QED) is 0.229. The molecule has 3 aromatic carbocycles. The Balaban J connectivity index is 1.65. The highest BCUT2D eigenvalue weighted by Crippen LogP contribution is 2.40. The van der Waals surface area contributed by atoms with E-state index in [2.05, 4.69) is 26.8 Å². The molecule has 0 aliphatic carbocycles. The third kappa shape index (κ3) is 5.81. The number of carbonyl (C=O) groups excluding carboxylic acids is 2. The van der Waals surface area contributed by atoms with Crippen molar-refractivity contribution in [2.24, 2.45) is 0 Å². The molecule has 0 bridgehead atoms. The van der Waals surface area contributed by atoms with E-state index in [1.54, 1.807) is 31.4 Å². The lowest BCUT2D eigenvalue weighted by Gasteiger charge is -2.26. The number of nitrogens with zero attached hydrogens (tertiary/aromatic N) is 1. The van der Waals surface area contributed by atoms with Gasteiger partial charge in [0.25, 0.3) is 11.7 Å². The summed E-state index contributed by atoms with van der Waals surface area (Å²) in [5.41, 5.74) is 4.59. The molecule has 1 saturated heterocycles. The third-order valence-electron chi connectivity index (χ3n) is 6.78. The smallest absolute Gasteiger partial charge is 0.295 e. The minimum atomic E-state index is -0.712. The first kappa shape index (κ1) is 27.1. The first-order valence-corrected chi connectivity index (χ1v) is 12.8. The molecule has 3 aromatic rings. The van der Waals surface area contributed by atoms with Gasteiger partial charge < -0.3 is 19.5 Å². The SMILES string of the molecule is COCCN1C(=O)C(=O)C(=C(O)c2ccc(OCc3cccc(C)c3)cc2)[C@@H]1c1ccc(C(C)(C)C)cc1. The van der Waals surface area contributed by atoms with Gasteiger partial charge in [0.1, 0.15) is 18.1 Å². The number of hydrogen-bond acceptors (Lipinski definition) is 5. The fourth-order valence-corrected chi connectivity index (χ4v) is 4.65. The van der Waals surface area contributed by atoms with E-state index in [9.17, 15) is 14.7 Å². The van der Waals surface area contributed by atoms with Crippen molar-refractivity contribution >= 4 is 17.4 Å². The van der Waals surface area contributed by atoms with Crippen LogP contribution in [0.25, 0.3) is 5.76 Å². The second-order valence-corrected chi connectivity index (χ2v) is 10.7. The molecule has 4 rings (SSSR count). The van der Waals surface area contributed by atoms with Crippen LogP contribution in [0.15, 0.2) is 78.4 Å². The standard InChI is InChI=1S/C32H35NO5/c1-21-7-6-8-22(19-21)20-38-26-15-11-24(12-16-26)29(34)27-28(33(17-18-37-5)31(36)30(27)35)23-9-13-25(14-10-23)32(2,3)4/h6-16,19,28,34H,17-18,20H2,1-5H3/t28-/m0/s1. The predicted molar refractivity (Wildman–Crippen MR) is 148 cm³/mol. The second-order valence-electron chi connectivity index (χ2n) is 10.7. The van der Waals surface area contributed by atoms with Gasteiger partial charge in [-0.15, -0.1) is 0 Å². The number of ether oxygens (including phenoxy) is 2. The number of benzene rings is 3. The molecule has 6 heteroatoms. The van der Waals surface area contributed by atoms with Crippen molar-refractivity contribution in [3.05, 3.63) is 106 Å². The lowest BCUT2D eigenvalue weighted by molar-refractivity contribution is -0.140. The van der Waals surface area contributed by atoms with Gasteiger partial charge in [-0.2, -0.15) is 0 Å². The Bertz CT molecular complexity index is 1330. The molecule has 6 nitrogen and oxygen atoms in total. The summed E-state index contributed by atoms with van der Waals surface area (Å²) < 4.78 is 11.1. The molecular formula is C32H35NO5. The molecule has 0 unspecified atom stereocenters. The van der Waals surface area contributed by atoms with Crippen LogP contribution in [0.1, 0.15) is 54.6 Å². The van der Waals surface area contributed by atoms with Crippen LogP contribution in [0, 0.1) is 6.92 Å². The summed E-state index contributed by atoms with van der Waals surface area (Å²) >= 11 is 0. The van der Waals surface area contributed by atoms with Gasteiger partial charge in [0.05, 0.1) is 18.2 Å².